The molecule has 2 N–H and O–H groups in total. The van der Waals surface area contributed by atoms with E-state index in [-0.39, 0.29) is 11.2 Å². The van der Waals surface area contributed by atoms with Crippen LogP contribution in [0.25, 0.3) is 11.4 Å². The topological polar surface area (TPSA) is 80.3 Å². The van der Waals surface area contributed by atoms with E-state index >= 15 is 0 Å². The number of thioether (sulfide) groups is 1. The average molecular weight is 423 g/mol. The Balaban J connectivity index is 1.37. The lowest BCUT2D eigenvalue weighted by Crippen LogP contribution is -2.50. The van der Waals surface area contributed by atoms with E-state index < -0.39 is 0 Å². The molecule has 2 aromatic carbocycles. The quantitative estimate of drug-likeness (QED) is 0.503. The van der Waals surface area contributed by atoms with Crippen molar-refractivity contribution in [1.29, 1.82) is 0 Å². The van der Waals surface area contributed by atoms with Gasteiger partial charge in [-0.2, -0.15) is 0 Å². The number of hydrogen-bond acceptors (Lipinski definition) is 6. The summed E-state index contributed by atoms with van der Waals surface area (Å²) < 4.78 is 1.46. The van der Waals surface area contributed by atoms with Crippen LogP contribution in [0.3, 0.4) is 0 Å². The molecule has 7 nitrogen and oxygen atoms in total. The maximum Gasteiger partial charge on any atom is 0.236 e. The third-order valence-electron chi connectivity index (χ3n) is 5.32. The third kappa shape index (κ3) is 4.28. The first kappa shape index (κ1) is 20.3. The molecule has 1 saturated heterocycles. The fraction of sp³-hybridized carbons (Fsp3) is 0.318. The summed E-state index contributed by atoms with van der Waals surface area (Å²) in [6.45, 7) is 7.02. The second-order valence-electron chi connectivity index (χ2n) is 7.45. The molecule has 2 heterocycles. The van der Waals surface area contributed by atoms with E-state index in [0.29, 0.717) is 24.1 Å². The molecule has 0 saturated carbocycles. The summed E-state index contributed by atoms with van der Waals surface area (Å²) in [7, 11) is 0. The van der Waals surface area contributed by atoms with Crippen molar-refractivity contribution in [3.63, 3.8) is 0 Å². The Labute approximate surface area is 180 Å². The van der Waals surface area contributed by atoms with Gasteiger partial charge >= 0.3 is 0 Å². The number of nitrogen functional groups attached to an aromatic ring is 1. The van der Waals surface area contributed by atoms with Crippen molar-refractivity contribution in [3.05, 3.63) is 60.2 Å². The van der Waals surface area contributed by atoms with Gasteiger partial charge in [-0.3, -0.25) is 4.79 Å². The molecule has 1 unspecified atom stereocenters. The van der Waals surface area contributed by atoms with Crippen molar-refractivity contribution in [2.24, 2.45) is 0 Å². The molecule has 0 bridgehead atoms. The van der Waals surface area contributed by atoms with Gasteiger partial charge in [0, 0.05) is 37.4 Å². The number of anilines is 1. The Hall–Kier alpha value is -3.00. The van der Waals surface area contributed by atoms with Gasteiger partial charge in [0.05, 0.1) is 5.25 Å². The molecule has 0 aliphatic carbocycles. The third-order valence-corrected chi connectivity index (χ3v) is 6.36. The van der Waals surface area contributed by atoms with Crippen molar-refractivity contribution in [2.75, 3.05) is 36.9 Å². The lowest BCUT2D eigenvalue weighted by Gasteiger charge is -2.37. The highest BCUT2D eigenvalue weighted by Crippen LogP contribution is 2.26. The predicted octanol–water partition coefficient (Wildman–Crippen LogP) is 2.80. The Bertz CT molecular complexity index is 996. The van der Waals surface area contributed by atoms with Crippen LogP contribution < -0.4 is 10.7 Å². The molecule has 0 radical (unpaired) electrons. The summed E-state index contributed by atoms with van der Waals surface area (Å²) >= 11 is 1.35. The molecule has 1 aromatic heterocycles. The highest BCUT2D eigenvalue weighted by Gasteiger charge is 2.27. The van der Waals surface area contributed by atoms with Crippen LogP contribution in [-0.2, 0) is 4.79 Å². The summed E-state index contributed by atoms with van der Waals surface area (Å²) in [5.41, 5.74) is 3.27. The zero-order valence-corrected chi connectivity index (χ0v) is 18.0. The second-order valence-corrected chi connectivity index (χ2v) is 8.76. The van der Waals surface area contributed by atoms with Crippen LogP contribution in [-0.4, -0.2) is 57.1 Å². The molecule has 1 aliphatic rings. The zero-order valence-electron chi connectivity index (χ0n) is 17.2. The number of carbonyl (C=O) groups is 1. The standard InChI is InChI=1S/C22H26N6OS/c1-16-8-10-18(11-9-16)20-24-25-22(28(20)23)30-17(2)21(29)27-14-12-26(13-15-27)19-6-4-3-5-7-19/h3-11,17H,12-15,23H2,1-2H3. The van der Waals surface area contributed by atoms with Gasteiger partial charge in [-0.25, -0.2) is 4.68 Å². The number of hydrogen-bond donors (Lipinski definition) is 1. The molecule has 1 atom stereocenters. The average Bonchev–Trinajstić information content (AvgIpc) is 3.14. The Morgan fingerprint density at radius 3 is 2.33 bits per heavy atom. The van der Waals surface area contributed by atoms with E-state index in [9.17, 15) is 4.79 Å². The Morgan fingerprint density at radius 1 is 1.00 bits per heavy atom. The number of benzene rings is 2. The maximum absolute atomic E-state index is 13.0. The van der Waals surface area contributed by atoms with E-state index in [1.165, 1.54) is 27.7 Å². The van der Waals surface area contributed by atoms with Crippen LogP contribution in [0.4, 0.5) is 5.69 Å². The van der Waals surface area contributed by atoms with E-state index in [1.807, 2.05) is 61.2 Å². The van der Waals surface area contributed by atoms with Gasteiger partial charge in [0.25, 0.3) is 0 Å². The lowest BCUT2D eigenvalue weighted by atomic mass is 10.1. The van der Waals surface area contributed by atoms with Gasteiger partial charge in [0.15, 0.2) is 5.82 Å². The molecule has 1 fully saturated rings. The molecule has 8 heteroatoms. The summed E-state index contributed by atoms with van der Waals surface area (Å²) in [6.07, 6.45) is 0. The number of aromatic nitrogens is 3. The minimum absolute atomic E-state index is 0.104. The van der Waals surface area contributed by atoms with Crippen molar-refractivity contribution in [2.45, 2.75) is 24.3 Å². The molecular weight excluding hydrogens is 396 g/mol. The van der Waals surface area contributed by atoms with E-state index in [2.05, 4.69) is 27.2 Å². The van der Waals surface area contributed by atoms with Crippen molar-refractivity contribution in [3.8, 4) is 11.4 Å². The lowest BCUT2D eigenvalue weighted by molar-refractivity contribution is -0.130. The minimum atomic E-state index is -0.286. The monoisotopic (exact) mass is 422 g/mol. The van der Waals surface area contributed by atoms with Crippen LogP contribution in [0.15, 0.2) is 59.8 Å². The number of nitrogens with zero attached hydrogens (tertiary/aromatic N) is 5. The van der Waals surface area contributed by atoms with Gasteiger partial charge < -0.3 is 15.6 Å². The van der Waals surface area contributed by atoms with E-state index in [4.69, 9.17) is 5.84 Å². The van der Waals surface area contributed by atoms with Gasteiger partial charge in [-0.1, -0.05) is 59.8 Å². The number of amides is 1. The molecule has 1 amide bonds. The van der Waals surface area contributed by atoms with Crippen molar-refractivity contribution < 1.29 is 4.79 Å². The van der Waals surface area contributed by atoms with Gasteiger partial charge in [0.2, 0.25) is 11.1 Å². The van der Waals surface area contributed by atoms with Crippen LogP contribution in [0.2, 0.25) is 0 Å². The molecule has 156 valence electrons. The Morgan fingerprint density at radius 2 is 1.67 bits per heavy atom. The van der Waals surface area contributed by atoms with E-state index in [0.717, 1.165) is 18.7 Å². The summed E-state index contributed by atoms with van der Waals surface area (Å²) in [4.78, 5) is 17.2. The van der Waals surface area contributed by atoms with Crippen molar-refractivity contribution in [1.82, 2.24) is 19.8 Å². The Kier molecular flexibility index (Phi) is 5.94. The fourth-order valence-corrected chi connectivity index (χ4v) is 4.40. The molecule has 30 heavy (non-hydrogen) atoms. The van der Waals surface area contributed by atoms with Crippen LogP contribution in [0, 0.1) is 6.92 Å². The normalized spacial score (nSPS) is 15.3. The number of aryl methyl sites for hydroxylation is 1. The van der Waals surface area contributed by atoms with E-state index in [1.54, 1.807) is 0 Å². The summed E-state index contributed by atoms with van der Waals surface area (Å²) in [6, 6.07) is 18.3. The van der Waals surface area contributed by atoms with Crippen LogP contribution in [0.5, 0.6) is 0 Å². The van der Waals surface area contributed by atoms with Gasteiger partial charge in [-0.15, -0.1) is 10.2 Å². The first-order valence-electron chi connectivity index (χ1n) is 10.1. The van der Waals surface area contributed by atoms with Crippen molar-refractivity contribution >= 4 is 23.4 Å². The minimum Gasteiger partial charge on any atom is -0.368 e. The summed E-state index contributed by atoms with van der Waals surface area (Å²) in [5.74, 6) is 6.92. The van der Waals surface area contributed by atoms with Crippen LogP contribution in [0.1, 0.15) is 12.5 Å². The number of piperazine rings is 1. The number of para-hydroxylation sites is 1. The number of nitrogens with two attached hydrogens (primary N) is 1. The zero-order chi connectivity index (χ0) is 21.1. The second kappa shape index (κ2) is 8.79. The number of rotatable bonds is 5. The molecule has 4 rings (SSSR count). The smallest absolute Gasteiger partial charge is 0.236 e. The summed E-state index contributed by atoms with van der Waals surface area (Å²) in [5, 5.41) is 8.68. The molecule has 3 aromatic rings. The molecular formula is C22H26N6OS. The molecule has 0 spiro atoms. The van der Waals surface area contributed by atoms with Gasteiger partial charge in [-0.05, 0) is 26.0 Å². The highest BCUT2D eigenvalue weighted by atomic mass is 32.2. The fourth-order valence-electron chi connectivity index (χ4n) is 3.55. The highest BCUT2D eigenvalue weighted by molar-refractivity contribution is 8.00. The first-order valence-corrected chi connectivity index (χ1v) is 10.9. The predicted molar refractivity (Wildman–Crippen MR) is 121 cm³/mol. The SMILES string of the molecule is Cc1ccc(-c2nnc(SC(C)C(=O)N3CCN(c4ccccc4)CC3)n2N)cc1. The molecule has 1 aliphatic heterocycles. The number of carbonyl (C=O) groups excluding carboxylic acids is 1. The van der Waals surface area contributed by atoms with Gasteiger partial charge in [0.1, 0.15) is 0 Å². The van der Waals surface area contributed by atoms with Crippen LogP contribution >= 0.6 is 11.8 Å². The maximum atomic E-state index is 13.0. The first-order chi connectivity index (χ1) is 14.5. The largest absolute Gasteiger partial charge is 0.368 e.